The second-order valence-corrected chi connectivity index (χ2v) is 5.92. The molecule has 1 fully saturated rings. The third-order valence-electron chi connectivity index (χ3n) is 4.05. The third-order valence-corrected chi connectivity index (χ3v) is 4.05. The number of hydrogen-bond donors (Lipinski definition) is 2. The summed E-state index contributed by atoms with van der Waals surface area (Å²) in [5.74, 6) is -1.53. The first-order chi connectivity index (χ1) is 10.5. The van der Waals surface area contributed by atoms with Crippen LogP contribution in [0.15, 0.2) is 18.2 Å². The van der Waals surface area contributed by atoms with Crippen LogP contribution in [-0.2, 0) is 6.42 Å². The Morgan fingerprint density at radius 2 is 2.23 bits per heavy atom. The predicted octanol–water partition coefficient (Wildman–Crippen LogP) is 2.31. The number of urea groups is 1. The number of aliphatic hydroxyl groups is 1. The average molecular weight is 312 g/mol. The van der Waals surface area contributed by atoms with Crippen molar-refractivity contribution in [2.75, 3.05) is 19.7 Å². The lowest BCUT2D eigenvalue weighted by molar-refractivity contribution is 0.195. The minimum atomic E-state index is -0.849. The van der Waals surface area contributed by atoms with Crippen LogP contribution in [0.4, 0.5) is 13.6 Å². The van der Waals surface area contributed by atoms with Gasteiger partial charge in [-0.05, 0) is 43.9 Å². The molecule has 2 N–H and O–H groups in total. The smallest absolute Gasteiger partial charge is 0.317 e. The van der Waals surface area contributed by atoms with Gasteiger partial charge in [-0.2, -0.15) is 0 Å². The van der Waals surface area contributed by atoms with Crippen LogP contribution in [0.2, 0.25) is 0 Å². The Labute approximate surface area is 129 Å². The topological polar surface area (TPSA) is 52.6 Å². The molecule has 0 aliphatic carbocycles. The van der Waals surface area contributed by atoms with E-state index in [1.807, 2.05) is 6.92 Å². The molecule has 122 valence electrons. The molecule has 1 saturated heterocycles. The Morgan fingerprint density at radius 3 is 2.86 bits per heavy atom. The molecule has 1 aromatic rings. The zero-order chi connectivity index (χ0) is 16.1. The van der Waals surface area contributed by atoms with Crippen LogP contribution in [0, 0.1) is 17.6 Å². The molecule has 6 heteroatoms. The van der Waals surface area contributed by atoms with Crippen molar-refractivity contribution in [1.29, 1.82) is 0 Å². The quantitative estimate of drug-likeness (QED) is 0.876. The highest BCUT2D eigenvalue weighted by atomic mass is 19.2. The Kier molecular flexibility index (Phi) is 5.71. The summed E-state index contributed by atoms with van der Waals surface area (Å²) in [6.07, 6.45) is 2.04. The SMILES string of the molecule is CC(CCc1ccc(F)c(F)c1)NC(=O)N1CCC(CO)C1. The molecule has 0 spiro atoms. The van der Waals surface area contributed by atoms with E-state index in [2.05, 4.69) is 5.32 Å². The second-order valence-electron chi connectivity index (χ2n) is 5.92. The van der Waals surface area contributed by atoms with E-state index in [4.69, 9.17) is 5.11 Å². The number of nitrogens with one attached hydrogen (secondary N) is 1. The monoisotopic (exact) mass is 312 g/mol. The summed E-state index contributed by atoms with van der Waals surface area (Å²) in [5, 5.41) is 12.0. The molecule has 1 heterocycles. The molecule has 2 unspecified atom stereocenters. The fourth-order valence-corrected chi connectivity index (χ4v) is 2.62. The first kappa shape index (κ1) is 16.7. The number of amides is 2. The average Bonchev–Trinajstić information content (AvgIpc) is 2.97. The molecular weight excluding hydrogens is 290 g/mol. The van der Waals surface area contributed by atoms with Crippen molar-refractivity contribution in [3.05, 3.63) is 35.4 Å². The molecule has 0 bridgehead atoms. The van der Waals surface area contributed by atoms with Crippen LogP contribution >= 0.6 is 0 Å². The van der Waals surface area contributed by atoms with Gasteiger partial charge in [-0.1, -0.05) is 6.07 Å². The maximum absolute atomic E-state index is 13.1. The van der Waals surface area contributed by atoms with Gasteiger partial charge in [-0.3, -0.25) is 0 Å². The van der Waals surface area contributed by atoms with Gasteiger partial charge in [0.25, 0.3) is 0 Å². The highest BCUT2D eigenvalue weighted by Gasteiger charge is 2.26. The predicted molar refractivity (Wildman–Crippen MR) is 79.4 cm³/mol. The van der Waals surface area contributed by atoms with Gasteiger partial charge in [-0.15, -0.1) is 0 Å². The van der Waals surface area contributed by atoms with E-state index in [9.17, 15) is 13.6 Å². The number of nitrogens with zero attached hydrogens (tertiary/aromatic N) is 1. The normalized spacial score (nSPS) is 19.3. The standard InChI is InChI=1S/C16H22F2N2O2/c1-11(2-3-12-4-5-14(17)15(18)8-12)19-16(22)20-7-6-13(9-20)10-21/h4-5,8,11,13,21H,2-3,6-7,9-10H2,1H3,(H,19,22). The molecule has 0 saturated carbocycles. The molecular formula is C16H22F2N2O2. The summed E-state index contributed by atoms with van der Waals surface area (Å²) in [7, 11) is 0. The molecule has 2 atom stereocenters. The second kappa shape index (κ2) is 7.54. The number of benzene rings is 1. The minimum absolute atomic E-state index is 0.0613. The molecule has 1 aliphatic heterocycles. The molecule has 0 aromatic heterocycles. The van der Waals surface area contributed by atoms with E-state index >= 15 is 0 Å². The lowest BCUT2D eigenvalue weighted by Gasteiger charge is -2.21. The summed E-state index contributed by atoms with van der Waals surface area (Å²) in [6, 6.07) is 3.67. The van der Waals surface area contributed by atoms with Crippen LogP contribution in [0.5, 0.6) is 0 Å². The number of carbonyl (C=O) groups excluding carboxylic acids is 1. The lowest BCUT2D eigenvalue weighted by atomic mass is 10.1. The van der Waals surface area contributed by atoms with Gasteiger partial charge >= 0.3 is 6.03 Å². The fourth-order valence-electron chi connectivity index (χ4n) is 2.62. The summed E-state index contributed by atoms with van der Waals surface area (Å²) in [6.45, 7) is 3.23. The lowest BCUT2D eigenvalue weighted by Crippen LogP contribution is -2.43. The molecule has 4 nitrogen and oxygen atoms in total. The van der Waals surface area contributed by atoms with Crippen molar-refractivity contribution in [3.8, 4) is 0 Å². The summed E-state index contributed by atoms with van der Waals surface area (Å²) >= 11 is 0. The van der Waals surface area contributed by atoms with Crippen molar-refractivity contribution in [2.24, 2.45) is 5.92 Å². The van der Waals surface area contributed by atoms with Gasteiger partial charge in [0.15, 0.2) is 11.6 Å². The number of aliphatic hydroxyl groups excluding tert-OH is 1. The van der Waals surface area contributed by atoms with Crippen molar-refractivity contribution in [2.45, 2.75) is 32.2 Å². The molecule has 22 heavy (non-hydrogen) atoms. The molecule has 0 radical (unpaired) electrons. The zero-order valence-corrected chi connectivity index (χ0v) is 12.7. The molecule has 1 aromatic carbocycles. The Bertz CT molecular complexity index is 525. The maximum atomic E-state index is 13.1. The number of halogens is 2. The van der Waals surface area contributed by atoms with Crippen LogP contribution in [0.25, 0.3) is 0 Å². The number of carbonyl (C=O) groups is 1. The fraction of sp³-hybridized carbons (Fsp3) is 0.562. The van der Waals surface area contributed by atoms with E-state index in [0.717, 1.165) is 12.5 Å². The Morgan fingerprint density at radius 1 is 1.45 bits per heavy atom. The van der Waals surface area contributed by atoms with Crippen LogP contribution in [0.1, 0.15) is 25.3 Å². The van der Waals surface area contributed by atoms with Gasteiger partial charge in [0.05, 0.1) is 0 Å². The first-order valence-corrected chi connectivity index (χ1v) is 7.59. The van der Waals surface area contributed by atoms with Crippen LogP contribution in [-0.4, -0.2) is 41.8 Å². The highest BCUT2D eigenvalue weighted by Crippen LogP contribution is 2.16. The van der Waals surface area contributed by atoms with Crippen LogP contribution in [0.3, 0.4) is 0 Å². The third kappa shape index (κ3) is 4.40. The summed E-state index contributed by atoms with van der Waals surface area (Å²) in [5.41, 5.74) is 0.710. The summed E-state index contributed by atoms with van der Waals surface area (Å²) < 4.78 is 26.0. The van der Waals surface area contributed by atoms with E-state index in [0.29, 0.717) is 31.5 Å². The Balaban J connectivity index is 1.76. The van der Waals surface area contributed by atoms with Crippen molar-refractivity contribution in [1.82, 2.24) is 10.2 Å². The van der Waals surface area contributed by atoms with Gasteiger partial charge < -0.3 is 15.3 Å². The van der Waals surface area contributed by atoms with Gasteiger partial charge in [-0.25, -0.2) is 13.6 Å². The maximum Gasteiger partial charge on any atom is 0.317 e. The van der Waals surface area contributed by atoms with E-state index in [1.54, 1.807) is 11.0 Å². The van der Waals surface area contributed by atoms with Gasteiger partial charge in [0, 0.05) is 31.7 Å². The first-order valence-electron chi connectivity index (χ1n) is 7.59. The summed E-state index contributed by atoms with van der Waals surface area (Å²) in [4.78, 5) is 13.8. The number of hydrogen-bond acceptors (Lipinski definition) is 2. The molecule has 2 rings (SSSR count). The van der Waals surface area contributed by atoms with Crippen LogP contribution < -0.4 is 5.32 Å². The molecule has 1 aliphatic rings. The Hall–Kier alpha value is -1.69. The van der Waals surface area contributed by atoms with Gasteiger partial charge in [0.1, 0.15) is 0 Å². The van der Waals surface area contributed by atoms with E-state index in [1.165, 1.54) is 6.07 Å². The zero-order valence-electron chi connectivity index (χ0n) is 12.7. The highest BCUT2D eigenvalue weighted by molar-refractivity contribution is 5.74. The number of aryl methyl sites for hydroxylation is 1. The minimum Gasteiger partial charge on any atom is -0.396 e. The van der Waals surface area contributed by atoms with E-state index < -0.39 is 11.6 Å². The number of likely N-dealkylation sites (tertiary alicyclic amines) is 1. The molecule has 2 amide bonds. The van der Waals surface area contributed by atoms with Crippen molar-refractivity contribution in [3.63, 3.8) is 0 Å². The number of rotatable bonds is 5. The van der Waals surface area contributed by atoms with Crippen molar-refractivity contribution >= 4 is 6.03 Å². The van der Waals surface area contributed by atoms with Gasteiger partial charge in [0.2, 0.25) is 0 Å². The largest absolute Gasteiger partial charge is 0.396 e. The van der Waals surface area contributed by atoms with E-state index in [-0.39, 0.29) is 24.6 Å². The van der Waals surface area contributed by atoms with Crippen molar-refractivity contribution < 1.29 is 18.7 Å².